The maximum absolute atomic E-state index is 11.7. The first-order valence-corrected chi connectivity index (χ1v) is 14.9. The van der Waals surface area contributed by atoms with E-state index in [4.69, 9.17) is 0 Å². The maximum atomic E-state index is 11.7. The smallest absolute Gasteiger partial charge is 0.421 e. The van der Waals surface area contributed by atoms with E-state index in [1.165, 1.54) is 11.1 Å². The number of hydrogen-bond donors (Lipinski definition) is 1. The van der Waals surface area contributed by atoms with Gasteiger partial charge >= 0.3 is 11.0 Å². The van der Waals surface area contributed by atoms with Crippen molar-refractivity contribution >= 4 is 26.0 Å². The van der Waals surface area contributed by atoms with Crippen molar-refractivity contribution in [1.82, 2.24) is 5.32 Å². The molecule has 0 heterocycles. The molecule has 0 atom stereocenters. The Bertz CT molecular complexity index is 1270. The zero-order chi connectivity index (χ0) is 31.5. The topological polar surface area (TPSA) is 111 Å². The molecule has 8 nitrogen and oxygen atoms in total. The van der Waals surface area contributed by atoms with Crippen molar-refractivity contribution in [2.75, 3.05) is 19.6 Å². The minimum absolute atomic E-state index is 0.0503. The molecular formula is C25H31F6N3O5S2. The van der Waals surface area contributed by atoms with Crippen LogP contribution in [0, 0.1) is 0 Å². The first-order valence-electron chi connectivity index (χ1n) is 12.0. The van der Waals surface area contributed by atoms with Crippen molar-refractivity contribution in [3.8, 4) is 0 Å². The minimum atomic E-state index is -6.72. The van der Waals surface area contributed by atoms with E-state index in [-0.39, 0.29) is 5.91 Å². The molecule has 1 amide bonds. The number of alkyl halides is 6. The molecule has 0 aliphatic heterocycles. The molecule has 0 unspecified atom stereocenters. The monoisotopic (exact) mass is 631 g/mol. The predicted octanol–water partition coefficient (Wildman–Crippen LogP) is 5.37. The average molecular weight is 632 g/mol. The Morgan fingerprint density at radius 3 is 1.54 bits per heavy atom. The quantitative estimate of drug-likeness (QED) is 0.147. The number of sulfonamides is 2. The third-order valence-electron chi connectivity index (χ3n) is 5.66. The molecule has 2 aromatic rings. The molecule has 0 aliphatic carbocycles. The number of rotatable bonds is 12. The van der Waals surface area contributed by atoms with E-state index in [9.17, 15) is 48.0 Å². The second-order valence-electron chi connectivity index (χ2n) is 8.97. The van der Waals surface area contributed by atoms with Crippen molar-refractivity contribution in [2.24, 2.45) is 0 Å². The molecule has 2 rings (SSSR count). The Kier molecular flexibility index (Phi) is 13.0. The summed E-state index contributed by atoms with van der Waals surface area (Å²) < 4.78 is 110. The fraction of sp³-hybridized carbons (Fsp3) is 0.400. The van der Waals surface area contributed by atoms with E-state index < -0.39 is 31.1 Å². The zero-order valence-electron chi connectivity index (χ0n) is 22.2. The molecule has 1 N–H and O–H groups in total. The van der Waals surface area contributed by atoms with E-state index in [0.717, 1.165) is 41.2 Å². The molecule has 230 valence electrons. The lowest BCUT2D eigenvalue weighted by molar-refractivity contribution is -0.952. The number of carbonyl (C=O) groups excluding carboxylic acids is 1. The van der Waals surface area contributed by atoms with Gasteiger partial charge < -0.3 is 13.9 Å². The SMILES string of the molecule is C=C(C)C(=O)NCCC[N+](CC)(Cc1ccccc1)Cc1ccccc1.O=S(=O)([N-]S(=O)(=O)C(F)(F)F)C(F)(F)F. The Labute approximate surface area is 235 Å². The third kappa shape index (κ3) is 11.8. The molecule has 41 heavy (non-hydrogen) atoms. The molecule has 0 bridgehead atoms. The lowest BCUT2D eigenvalue weighted by Gasteiger charge is -2.38. The maximum Gasteiger partial charge on any atom is 0.480 e. The minimum Gasteiger partial charge on any atom is -0.421 e. The summed E-state index contributed by atoms with van der Waals surface area (Å²) in [5.74, 6) is -0.0503. The van der Waals surface area contributed by atoms with Gasteiger partial charge in [-0.2, -0.15) is 26.3 Å². The first-order chi connectivity index (χ1) is 18.8. The van der Waals surface area contributed by atoms with Crippen molar-refractivity contribution in [3.63, 3.8) is 0 Å². The van der Waals surface area contributed by atoms with Gasteiger partial charge in [-0.1, -0.05) is 67.2 Å². The molecule has 0 spiro atoms. The number of benzene rings is 2. The van der Waals surface area contributed by atoms with Crippen LogP contribution in [0.15, 0.2) is 72.8 Å². The third-order valence-corrected chi connectivity index (χ3v) is 8.40. The van der Waals surface area contributed by atoms with Gasteiger partial charge in [-0.15, -0.1) is 0 Å². The van der Waals surface area contributed by atoms with Crippen molar-refractivity contribution in [2.45, 2.75) is 44.4 Å². The van der Waals surface area contributed by atoms with Crippen LogP contribution in [0.4, 0.5) is 26.3 Å². The zero-order valence-corrected chi connectivity index (χ0v) is 23.9. The number of quaternary nitrogens is 1. The highest BCUT2D eigenvalue weighted by atomic mass is 32.3. The van der Waals surface area contributed by atoms with E-state index in [2.05, 4.69) is 79.5 Å². The lowest BCUT2D eigenvalue weighted by Crippen LogP contribution is -2.47. The summed E-state index contributed by atoms with van der Waals surface area (Å²) in [6, 6.07) is 21.4. The highest BCUT2D eigenvalue weighted by Crippen LogP contribution is 2.36. The fourth-order valence-electron chi connectivity index (χ4n) is 3.52. The van der Waals surface area contributed by atoms with Crippen molar-refractivity contribution in [3.05, 3.63) is 88.1 Å². The molecule has 0 aromatic heterocycles. The standard InChI is InChI=1S/C23H30N2O.C2F6NO4S2/c1-4-25(18-21-12-7-5-8-13-21,19-22-14-9-6-10-15-22)17-11-16-24-23(26)20(2)3;3-1(4,5)14(10,11)9-15(12,13)2(6,7)8/h5-10,12-15H,2,4,11,16-19H2,1,3H3;/q;-1/p+1. The number of hydrogen-bond acceptors (Lipinski definition) is 5. The molecule has 0 saturated heterocycles. The molecule has 0 fully saturated rings. The Balaban J connectivity index is 0.000000479. The Morgan fingerprint density at radius 1 is 0.829 bits per heavy atom. The van der Waals surface area contributed by atoms with Crippen molar-refractivity contribution < 1.29 is 52.5 Å². The Morgan fingerprint density at radius 2 is 1.22 bits per heavy atom. The summed E-state index contributed by atoms with van der Waals surface area (Å²) in [6.07, 6.45) is 0.951. The van der Waals surface area contributed by atoms with E-state index >= 15 is 0 Å². The number of nitrogens with one attached hydrogen (secondary N) is 1. The fourth-order valence-corrected chi connectivity index (χ4v) is 5.23. The van der Waals surface area contributed by atoms with Crippen LogP contribution in [0.3, 0.4) is 0 Å². The highest BCUT2D eigenvalue weighted by molar-refractivity contribution is 8.13. The number of halogens is 6. The van der Waals surface area contributed by atoms with Crippen molar-refractivity contribution in [1.29, 1.82) is 0 Å². The summed E-state index contributed by atoms with van der Waals surface area (Å²) in [6.45, 7) is 12.5. The van der Waals surface area contributed by atoms with Crippen LogP contribution in [0.1, 0.15) is 31.4 Å². The van der Waals surface area contributed by atoms with E-state index in [1.807, 2.05) is 0 Å². The summed E-state index contributed by atoms with van der Waals surface area (Å²) >= 11 is 0. The van der Waals surface area contributed by atoms with Crippen LogP contribution in [-0.4, -0.2) is 57.9 Å². The first kappa shape index (κ1) is 36.1. The molecule has 2 aromatic carbocycles. The normalized spacial score (nSPS) is 12.7. The summed E-state index contributed by atoms with van der Waals surface area (Å²) in [7, 11) is -13.4. The number of nitrogens with zero attached hydrogens (tertiary/aromatic N) is 2. The summed E-state index contributed by atoms with van der Waals surface area (Å²) in [5.41, 5.74) is -9.13. The lowest BCUT2D eigenvalue weighted by atomic mass is 10.1. The van der Waals surface area contributed by atoms with Gasteiger partial charge in [0, 0.05) is 29.7 Å². The molecule has 0 radical (unpaired) electrons. The molecule has 0 saturated carbocycles. The average Bonchev–Trinajstić information content (AvgIpc) is 2.86. The largest absolute Gasteiger partial charge is 0.480 e. The summed E-state index contributed by atoms with van der Waals surface area (Å²) in [5, 5.41) is 2.96. The van der Waals surface area contributed by atoms with Gasteiger partial charge in [0.15, 0.2) is 20.0 Å². The van der Waals surface area contributed by atoms with Crippen LogP contribution in [0.2, 0.25) is 0 Å². The van der Waals surface area contributed by atoms with Gasteiger partial charge in [0.05, 0.1) is 13.1 Å². The van der Waals surface area contributed by atoms with Gasteiger partial charge in [-0.05, 0) is 13.8 Å². The molecular weight excluding hydrogens is 600 g/mol. The van der Waals surface area contributed by atoms with Gasteiger partial charge in [0.1, 0.15) is 13.1 Å². The molecule has 16 heteroatoms. The van der Waals surface area contributed by atoms with Gasteiger partial charge in [0.25, 0.3) is 0 Å². The second kappa shape index (κ2) is 14.8. The predicted molar refractivity (Wildman–Crippen MR) is 142 cm³/mol. The summed E-state index contributed by atoms with van der Waals surface area (Å²) in [4.78, 5) is 11.7. The van der Waals surface area contributed by atoms with Crippen LogP contribution >= 0.6 is 0 Å². The van der Waals surface area contributed by atoms with E-state index in [1.54, 1.807) is 6.92 Å². The highest BCUT2D eigenvalue weighted by Gasteiger charge is 2.47. The number of amides is 1. The van der Waals surface area contributed by atoms with Gasteiger partial charge in [-0.3, -0.25) is 4.79 Å². The van der Waals surface area contributed by atoms with Crippen LogP contribution in [-0.2, 0) is 37.9 Å². The van der Waals surface area contributed by atoms with Gasteiger partial charge in [0.2, 0.25) is 5.91 Å². The molecule has 0 aliphatic rings. The van der Waals surface area contributed by atoms with Crippen LogP contribution in [0.5, 0.6) is 0 Å². The van der Waals surface area contributed by atoms with E-state index in [0.29, 0.717) is 12.1 Å². The van der Waals surface area contributed by atoms with Gasteiger partial charge in [-0.25, -0.2) is 16.8 Å². The Hall–Kier alpha value is -2.95. The number of carbonyl (C=O) groups is 1. The van der Waals surface area contributed by atoms with Crippen LogP contribution in [0.25, 0.3) is 4.13 Å². The van der Waals surface area contributed by atoms with Crippen LogP contribution < -0.4 is 5.32 Å². The second-order valence-corrected chi connectivity index (χ2v) is 12.4.